The van der Waals surface area contributed by atoms with Crippen LogP contribution in [0.1, 0.15) is 49.7 Å². The summed E-state index contributed by atoms with van der Waals surface area (Å²) < 4.78 is 72.8. The van der Waals surface area contributed by atoms with Crippen LogP contribution >= 0.6 is 23.2 Å². The van der Waals surface area contributed by atoms with Crippen molar-refractivity contribution in [3.63, 3.8) is 0 Å². The molecular formula is C24H24Cl2F5NO3. The van der Waals surface area contributed by atoms with Crippen molar-refractivity contribution < 1.29 is 36.3 Å². The van der Waals surface area contributed by atoms with Crippen molar-refractivity contribution >= 4 is 40.8 Å². The highest BCUT2D eigenvalue weighted by molar-refractivity contribution is 6.33. The summed E-state index contributed by atoms with van der Waals surface area (Å²) in [5.41, 5.74) is 0.249. The number of amides is 1. The first-order valence-electron chi connectivity index (χ1n) is 10.5. The first kappa shape index (κ1) is 28.8. The van der Waals surface area contributed by atoms with Gasteiger partial charge in [-0.25, -0.2) is 8.78 Å². The number of alkyl halides is 5. The molecule has 11 heteroatoms. The summed E-state index contributed by atoms with van der Waals surface area (Å²) in [5.74, 6) is -9.53. The van der Waals surface area contributed by atoms with Gasteiger partial charge in [-0.05, 0) is 42.3 Å². The number of hydrogen-bond donors (Lipinski definition) is 1. The van der Waals surface area contributed by atoms with Crippen molar-refractivity contribution in [1.82, 2.24) is 0 Å². The van der Waals surface area contributed by atoms with E-state index in [0.29, 0.717) is 6.92 Å². The van der Waals surface area contributed by atoms with Gasteiger partial charge in [-0.15, -0.1) is 0 Å². The molecule has 1 amide bonds. The summed E-state index contributed by atoms with van der Waals surface area (Å²) in [7, 11) is 1.12. The lowest BCUT2D eigenvalue weighted by Crippen LogP contribution is -2.34. The molecule has 0 aliphatic heterocycles. The third-order valence-electron chi connectivity index (χ3n) is 5.49. The fraction of sp³-hybridized carbons (Fsp3) is 0.417. The van der Waals surface area contributed by atoms with E-state index >= 15 is 0 Å². The Bertz CT molecular complexity index is 1040. The van der Waals surface area contributed by atoms with Crippen LogP contribution in [0.25, 0.3) is 0 Å². The van der Waals surface area contributed by atoms with Gasteiger partial charge < -0.3 is 10.1 Å². The van der Waals surface area contributed by atoms with Gasteiger partial charge in [0.25, 0.3) is 0 Å². The molecule has 192 valence electrons. The van der Waals surface area contributed by atoms with Crippen LogP contribution in [0.15, 0.2) is 42.5 Å². The number of nitrogens with one attached hydrogen (secondary N) is 1. The summed E-state index contributed by atoms with van der Waals surface area (Å²) in [6.45, 7) is 1.58. The van der Waals surface area contributed by atoms with Gasteiger partial charge in [-0.3, -0.25) is 9.59 Å². The van der Waals surface area contributed by atoms with Gasteiger partial charge in [0.15, 0.2) is 0 Å². The number of benzene rings is 2. The van der Waals surface area contributed by atoms with Crippen molar-refractivity contribution in [3.8, 4) is 0 Å². The summed E-state index contributed by atoms with van der Waals surface area (Å²) in [5, 5.41) is 2.66. The Morgan fingerprint density at radius 1 is 1.00 bits per heavy atom. The molecule has 0 saturated carbocycles. The molecule has 0 aliphatic rings. The van der Waals surface area contributed by atoms with Crippen LogP contribution in [0.3, 0.4) is 0 Å². The number of methoxy groups -OCH3 is 1. The van der Waals surface area contributed by atoms with E-state index in [9.17, 15) is 31.5 Å². The molecular weight excluding hydrogens is 516 g/mol. The third kappa shape index (κ3) is 8.35. The highest BCUT2D eigenvalue weighted by atomic mass is 35.5. The molecule has 2 aromatic rings. The van der Waals surface area contributed by atoms with E-state index in [1.165, 1.54) is 42.5 Å². The molecule has 0 spiro atoms. The van der Waals surface area contributed by atoms with Gasteiger partial charge in [-0.1, -0.05) is 48.3 Å². The highest BCUT2D eigenvalue weighted by Crippen LogP contribution is 2.40. The number of halogens is 7. The summed E-state index contributed by atoms with van der Waals surface area (Å²) in [6.07, 6.45) is -5.76. The number of rotatable bonds is 9. The zero-order valence-corrected chi connectivity index (χ0v) is 20.6. The van der Waals surface area contributed by atoms with Crippen molar-refractivity contribution in [2.75, 3.05) is 12.4 Å². The van der Waals surface area contributed by atoms with Gasteiger partial charge in [0.2, 0.25) is 11.8 Å². The van der Waals surface area contributed by atoms with E-state index in [-0.39, 0.29) is 33.3 Å². The van der Waals surface area contributed by atoms with Crippen LogP contribution in [-0.2, 0) is 14.3 Å². The maximum absolute atomic E-state index is 13.8. The van der Waals surface area contributed by atoms with E-state index in [2.05, 4.69) is 10.1 Å². The maximum atomic E-state index is 13.8. The summed E-state index contributed by atoms with van der Waals surface area (Å²) in [6, 6.07) is 9.38. The lowest BCUT2D eigenvalue weighted by molar-refractivity contribution is -0.178. The fourth-order valence-corrected chi connectivity index (χ4v) is 3.95. The minimum atomic E-state index is -4.69. The molecule has 0 bridgehead atoms. The molecule has 0 saturated heterocycles. The number of carbonyl (C=O) groups excluding carboxylic acids is 2. The Hall–Kier alpha value is -2.39. The Balaban J connectivity index is 2.43. The smallest absolute Gasteiger partial charge is 0.392 e. The second-order valence-electron chi connectivity index (χ2n) is 8.34. The molecule has 0 aromatic heterocycles. The minimum Gasteiger partial charge on any atom is -0.469 e. The van der Waals surface area contributed by atoms with Gasteiger partial charge in [-0.2, -0.15) is 13.2 Å². The van der Waals surface area contributed by atoms with Crippen LogP contribution in [-0.4, -0.2) is 31.1 Å². The monoisotopic (exact) mass is 539 g/mol. The molecule has 0 heterocycles. The normalized spacial score (nSPS) is 14.7. The number of hydrogen-bond acceptors (Lipinski definition) is 3. The lowest BCUT2D eigenvalue weighted by atomic mass is 9.85. The topological polar surface area (TPSA) is 55.4 Å². The standard InChI is InChI=1S/C24H24Cl2F5NO3/c1-13(24(29,30)31)21(14-4-7-17(25)8-5-14)22(34)32-19-10-15(6-9-18(19)26)16(11-20(33)35-3)12-23(2,27)28/h4-10,13,16,21H,11-12H2,1-3H3,(H,32,34). The molecule has 0 aliphatic carbocycles. The molecule has 3 atom stereocenters. The largest absolute Gasteiger partial charge is 0.469 e. The zero-order chi connectivity index (χ0) is 26.6. The summed E-state index contributed by atoms with van der Waals surface area (Å²) >= 11 is 12.0. The van der Waals surface area contributed by atoms with Crippen LogP contribution < -0.4 is 5.32 Å². The van der Waals surface area contributed by atoms with E-state index in [0.717, 1.165) is 14.0 Å². The van der Waals surface area contributed by atoms with Gasteiger partial charge >= 0.3 is 12.1 Å². The van der Waals surface area contributed by atoms with E-state index in [4.69, 9.17) is 23.2 Å². The lowest BCUT2D eigenvalue weighted by Gasteiger charge is -2.26. The van der Waals surface area contributed by atoms with Crippen LogP contribution in [0.5, 0.6) is 0 Å². The summed E-state index contributed by atoms with van der Waals surface area (Å²) in [4.78, 5) is 24.8. The number of carbonyl (C=O) groups is 2. The van der Waals surface area contributed by atoms with E-state index in [1.807, 2.05) is 0 Å². The zero-order valence-electron chi connectivity index (χ0n) is 19.1. The Labute approximate surface area is 209 Å². The second-order valence-corrected chi connectivity index (χ2v) is 9.18. The Morgan fingerprint density at radius 2 is 1.57 bits per heavy atom. The van der Waals surface area contributed by atoms with E-state index < -0.39 is 48.1 Å². The number of anilines is 1. The van der Waals surface area contributed by atoms with Gasteiger partial charge in [0.1, 0.15) is 0 Å². The predicted molar refractivity (Wildman–Crippen MR) is 124 cm³/mol. The average molecular weight is 540 g/mol. The first-order valence-corrected chi connectivity index (χ1v) is 11.2. The molecule has 0 fully saturated rings. The average Bonchev–Trinajstić information content (AvgIpc) is 2.74. The predicted octanol–water partition coefficient (Wildman–Crippen LogP) is 7.61. The Kier molecular flexibility index (Phi) is 9.53. The molecule has 4 nitrogen and oxygen atoms in total. The van der Waals surface area contributed by atoms with E-state index in [1.54, 1.807) is 0 Å². The maximum Gasteiger partial charge on any atom is 0.392 e. The van der Waals surface area contributed by atoms with Crippen LogP contribution in [0.2, 0.25) is 10.0 Å². The Morgan fingerprint density at radius 3 is 2.09 bits per heavy atom. The molecule has 2 rings (SSSR count). The number of ether oxygens (including phenoxy) is 1. The molecule has 2 aromatic carbocycles. The molecule has 1 N–H and O–H groups in total. The van der Waals surface area contributed by atoms with Crippen LogP contribution in [0, 0.1) is 5.92 Å². The van der Waals surface area contributed by atoms with Crippen molar-refractivity contribution in [2.45, 2.75) is 50.6 Å². The van der Waals surface area contributed by atoms with Crippen molar-refractivity contribution in [2.24, 2.45) is 5.92 Å². The molecule has 3 unspecified atom stereocenters. The third-order valence-corrected chi connectivity index (χ3v) is 6.07. The SMILES string of the molecule is COC(=O)CC(CC(C)(F)F)c1ccc(Cl)c(NC(=O)C(c2ccc(Cl)cc2)C(C)C(F)(F)F)c1. The van der Waals surface area contributed by atoms with Crippen molar-refractivity contribution in [3.05, 3.63) is 63.6 Å². The highest BCUT2D eigenvalue weighted by Gasteiger charge is 2.45. The number of esters is 1. The van der Waals surface area contributed by atoms with Crippen molar-refractivity contribution in [1.29, 1.82) is 0 Å². The minimum absolute atomic E-state index is 0.0169. The second kappa shape index (κ2) is 11.6. The first-order chi connectivity index (χ1) is 16.1. The molecule has 0 radical (unpaired) electrons. The fourth-order valence-electron chi connectivity index (χ4n) is 3.65. The van der Waals surface area contributed by atoms with Crippen LogP contribution in [0.4, 0.5) is 27.6 Å². The van der Waals surface area contributed by atoms with Gasteiger partial charge in [0.05, 0.1) is 36.1 Å². The molecule has 35 heavy (non-hydrogen) atoms. The van der Waals surface area contributed by atoms with Gasteiger partial charge in [0, 0.05) is 17.4 Å². The quantitative estimate of drug-likeness (QED) is 0.263.